The van der Waals surface area contributed by atoms with Crippen LogP contribution in [-0.4, -0.2) is 45.0 Å². The summed E-state index contributed by atoms with van der Waals surface area (Å²) in [6, 6.07) is 3.54. The molecule has 6 nitrogen and oxygen atoms in total. The van der Waals surface area contributed by atoms with Gasteiger partial charge in [0.25, 0.3) is 0 Å². The Kier molecular flexibility index (Phi) is 4.77. The fourth-order valence-electron chi connectivity index (χ4n) is 2.44. The van der Waals surface area contributed by atoms with Crippen LogP contribution in [0.2, 0.25) is 0 Å². The number of aliphatic hydroxyl groups is 1. The molecule has 1 atom stereocenters. The van der Waals surface area contributed by atoms with Crippen LogP contribution in [0.4, 0.5) is 4.79 Å². The minimum absolute atomic E-state index is 0.0976. The van der Waals surface area contributed by atoms with E-state index in [1.54, 1.807) is 23.2 Å². The van der Waals surface area contributed by atoms with Crippen LogP contribution in [0.15, 0.2) is 18.3 Å². The van der Waals surface area contributed by atoms with E-state index in [0.29, 0.717) is 18.8 Å². The molecule has 1 aromatic heterocycles. The highest BCUT2D eigenvalue weighted by Crippen LogP contribution is 2.29. The average Bonchev–Trinajstić information content (AvgIpc) is 2.46. The molecule has 1 fully saturated rings. The summed E-state index contributed by atoms with van der Waals surface area (Å²) in [4.78, 5) is 13.7. The zero-order valence-corrected chi connectivity index (χ0v) is 12.8. The van der Waals surface area contributed by atoms with E-state index < -0.39 is 11.7 Å². The number of hydrogen-bond donors (Lipinski definition) is 1. The highest BCUT2D eigenvalue weighted by molar-refractivity contribution is 5.68. The molecular formula is C15H23N3O3. The third kappa shape index (κ3) is 4.39. The molecule has 0 bridgehead atoms. The quantitative estimate of drug-likeness (QED) is 0.904. The monoisotopic (exact) mass is 293 g/mol. The first-order valence-electron chi connectivity index (χ1n) is 7.30. The van der Waals surface area contributed by atoms with Gasteiger partial charge >= 0.3 is 6.09 Å². The summed E-state index contributed by atoms with van der Waals surface area (Å²) in [6.07, 6.45) is 2.14. The van der Waals surface area contributed by atoms with Crippen LogP contribution in [0.5, 0.6) is 0 Å². The van der Waals surface area contributed by atoms with Crippen LogP contribution in [0.3, 0.4) is 0 Å². The normalized spacial score (nSPS) is 18.4. The zero-order valence-electron chi connectivity index (χ0n) is 12.8. The maximum atomic E-state index is 12.0. The van der Waals surface area contributed by atoms with E-state index in [4.69, 9.17) is 4.74 Å². The van der Waals surface area contributed by atoms with Crippen LogP contribution >= 0.6 is 0 Å². The van der Waals surface area contributed by atoms with Crippen LogP contribution < -0.4 is 0 Å². The third-order valence-corrected chi connectivity index (χ3v) is 3.53. The van der Waals surface area contributed by atoms with Crippen molar-refractivity contribution in [3.05, 3.63) is 24.0 Å². The molecule has 1 saturated heterocycles. The molecular weight excluding hydrogens is 270 g/mol. The second-order valence-electron chi connectivity index (χ2n) is 6.40. The molecule has 2 heterocycles. The van der Waals surface area contributed by atoms with Crippen molar-refractivity contribution in [2.45, 2.75) is 45.3 Å². The second kappa shape index (κ2) is 6.39. The predicted molar refractivity (Wildman–Crippen MR) is 77.5 cm³/mol. The molecule has 0 spiro atoms. The Hall–Kier alpha value is -1.69. The minimum atomic E-state index is -0.625. The smallest absolute Gasteiger partial charge is 0.410 e. The Morgan fingerprint density at radius 1 is 1.43 bits per heavy atom. The van der Waals surface area contributed by atoms with E-state index in [1.165, 1.54) is 0 Å². The molecule has 1 aromatic rings. The van der Waals surface area contributed by atoms with Crippen LogP contribution in [0, 0.1) is 5.92 Å². The van der Waals surface area contributed by atoms with Gasteiger partial charge in [0, 0.05) is 19.3 Å². The summed E-state index contributed by atoms with van der Waals surface area (Å²) in [6.45, 7) is 6.76. The average molecular weight is 293 g/mol. The van der Waals surface area contributed by atoms with E-state index >= 15 is 0 Å². The van der Waals surface area contributed by atoms with Crippen molar-refractivity contribution >= 4 is 6.09 Å². The molecule has 21 heavy (non-hydrogen) atoms. The maximum absolute atomic E-state index is 12.0. The summed E-state index contributed by atoms with van der Waals surface area (Å²) >= 11 is 0. The first kappa shape index (κ1) is 15.7. The Morgan fingerprint density at radius 2 is 2.10 bits per heavy atom. The largest absolute Gasteiger partial charge is 0.444 e. The topological polar surface area (TPSA) is 75.5 Å². The molecule has 116 valence electrons. The Labute approximate surface area is 125 Å². The summed E-state index contributed by atoms with van der Waals surface area (Å²) < 4.78 is 5.36. The lowest BCUT2D eigenvalue weighted by molar-refractivity contribution is 0.00703. The molecule has 1 aliphatic rings. The van der Waals surface area contributed by atoms with Gasteiger partial charge in [0.2, 0.25) is 0 Å². The molecule has 1 N–H and O–H groups in total. The summed E-state index contributed by atoms with van der Waals surface area (Å²) in [5, 5.41) is 18.1. The Morgan fingerprint density at radius 3 is 2.62 bits per heavy atom. The van der Waals surface area contributed by atoms with Gasteiger partial charge in [-0.05, 0) is 51.7 Å². The number of likely N-dealkylation sites (tertiary alicyclic amines) is 1. The molecule has 1 aliphatic heterocycles. The van der Waals surface area contributed by atoms with Gasteiger partial charge in [-0.1, -0.05) is 0 Å². The van der Waals surface area contributed by atoms with E-state index in [1.807, 2.05) is 20.8 Å². The summed E-state index contributed by atoms with van der Waals surface area (Å²) in [5.41, 5.74) is 0.112. The number of aromatic nitrogens is 2. The first-order chi connectivity index (χ1) is 9.87. The zero-order chi connectivity index (χ0) is 15.5. The van der Waals surface area contributed by atoms with Gasteiger partial charge in [-0.25, -0.2) is 4.79 Å². The lowest BCUT2D eigenvalue weighted by atomic mass is 9.89. The van der Waals surface area contributed by atoms with Gasteiger partial charge in [0.05, 0.1) is 5.69 Å². The van der Waals surface area contributed by atoms with E-state index in [0.717, 1.165) is 12.8 Å². The fourth-order valence-corrected chi connectivity index (χ4v) is 2.44. The van der Waals surface area contributed by atoms with Gasteiger partial charge in [-0.3, -0.25) is 0 Å². The molecule has 1 amide bonds. The number of carbonyl (C=O) groups is 1. The molecule has 6 heteroatoms. The van der Waals surface area contributed by atoms with Gasteiger partial charge in [0.1, 0.15) is 11.7 Å². The van der Waals surface area contributed by atoms with E-state index in [-0.39, 0.29) is 12.0 Å². The Balaban J connectivity index is 1.87. The van der Waals surface area contributed by atoms with Crippen LogP contribution in [-0.2, 0) is 4.74 Å². The third-order valence-electron chi connectivity index (χ3n) is 3.53. The van der Waals surface area contributed by atoms with Crippen molar-refractivity contribution in [1.29, 1.82) is 0 Å². The highest BCUT2D eigenvalue weighted by Gasteiger charge is 2.31. The van der Waals surface area contributed by atoms with Crippen LogP contribution in [0.1, 0.15) is 45.4 Å². The molecule has 0 saturated carbocycles. The van der Waals surface area contributed by atoms with Crippen molar-refractivity contribution in [2.24, 2.45) is 5.92 Å². The number of ether oxygens (including phenoxy) is 1. The molecule has 0 aliphatic carbocycles. The molecule has 0 aromatic carbocycles. The number of piperidine rings is 1. The maximum Gasteiger partial charge on any atom is 0.410 e. The van der Waals surface area contributed by atoms with Gasteiger partial charge in [-0.2, -0.15) is 10.2 Å². The van der Waals surface area contributed by atoms with E-state index in [9.17, 15) is 9.90 Å². The lowest BCUT2D eigenvalue weighted by Gasteiger charge is -2.34. The standard InChI is InChI=1S/C15H23N3O3/c1-15(2,3)21-14(20)18-9-6-11(7-10-18)13(19)12-5-4-8-16-17-12/h4-5,8,11,13,19H,6-7,9-10H2,1-3H3. The second-order valence-corrected chi connectivity index (χ2v) is 6.40. The molecule has 1 unspecified atom stereocenters. The van der Waals surface area contributed by atoms with Gasteiger partial charge in [0.15, 0.2) is 0 Å². The van der Waals surface area contributed by atoms with Gasteiger partial charge < -0.3 is 14.7 Å². The predicted octanol–water partition coefficient (Wildman–Crippen LogP) is 2.16. The van der Waals surface area contributed by atoms with Crippen molar-refractivity contribution in [3.63, 3.8) is 0 Å². The van der Waals surface area contributed by atoms with Crippen molar-refractivity contribution in [3.8, 4) is 0 Å². The first-order valence-corrected chi connectivity index (χ1v) is 7.30. The van der Waals surface area contributed by atoms with E-state index in [2.05, 4.69) is 10.2 Å². The number of hydrogen-bond acceptors (Lipinski definition) is 5. The summed E-state index contributed by atoms with van der Waals surface area (Å²) in [5.74, 6) is 0.0976. The minimum Gasteiger partial charge on any atom is -0.444 e. The lowest BCUT2D eigenvalue weighted by Crippen LogP contribution is -2.42. The SMILES string of the molecule is CC(C)(C)OC(=O)N1CCC(C(O)c2cccnn2)CC1. The Bertz CT molecular complexity index is 465. The van der Waals surface area contributed by atoms with Crippen LogP contribution in [0.25, 0.3) is 0 Å². The summed E-state index contributed by atoms with van der Waals surface area (Å²) in [7, 11) is 0. The number of rotatable bonds is 2. The van der Waals surface area contributed by atoms with Crippen molar-refractivity contribution in [2.75, 3.05) is 13.1 Å². The number of aliphatic hydroxyl groups excluding tert-OH is 1. The molecule has 0 radical (unpaired) electrons. The number of carbonyl (C=O) groups excluding carboxylic acids is 1. The highest BCUT2D eigenvalue weighted by atomic mass is 16.6. The van der Waals surface area contributed by atoms with Gasteiger partial charge in [-0.15, -0.1) is 0 Å². The molecule has 2 rings (SSSR count). The van der Waals surface area contributed by atoms with Crippen molar-refractivity contribution < 1.29 is 14.6 Å². The number of amides is 1. The van der Waals surface area contributed by atoms with Crippen molar-refractivity contribution in [1.82, 2.24) is 15.1 Å². The fraction of sp³-hybridized carbons (Fsp3) is 0.667. The number of nitrogens with zero attached hydrogens (tertiary/aromatic N) is 3.